The fourth-order valence-electron chi connectivity index (χ4n) is 3.71. The number of rotatable bonds is 7. The lowest BCUT2D eigenvalue weighted by Crippen LogP contribution is -2.50. The molecule has 0 saturated carbocycles. The van der Waals surface area contributed by atoms with Gasteiger partial charge >= 0.3 is 0 Å². The van der Waals surface area contributed by atoms with Crippen LogP contribution in [0.15, 0.2) is 30.3 Å². The van der Waals surface area contributed by atoms with Gasteiger partial charge in [-0.05, 0) is 24.9 Å². The van der Waals surface area contributed by atoms with Crippen LogP contribution in [0.2, 0.25) is 0 Å². The molecule has 2 saturated heterocycles. The largest absolute Gasteiger partial charge is 0.383 e. The molecule has 134 valence electrons. The maximum Gasteiger partial charge on any atom is 0.213 e. The van der Waals surface area contributed by atoms with Crippen LogP contribution in [0.1, 0.15) is 18.4 Å². The number of hydrogen-bond donors (Lipinski definition) is 1. The molecule has 6 nitrogen and oxygen atoms in total. The standard InChI is InChI=1S/C17H26N2O4S/c1-22-11-15-8-5-9-19(15)17-13-24(20,21)18-16(17)12-23-10-14-6-3-2-4-7-14/h2-4,6-7,15-18H,5,8-13H2,1H3/t15-,16+,17-/m0/s1. The van der Waals surface area contributed by atoms with Gasteiger partial charge in [-0.2, -0.15) is 0 Å². The zero-order chi connectivity index (χ0) is 17.0. The van der Waals surface area contributed by atoms with Crippen LogP contribution in [-0.4, -0.2) is 64.1 Å². The number of sulfonamides is 1. The van der Waals surface area contributed by atoms with Crippen LogP contribution >= 0.6 is 0 Å². The molecule has 1 aromatic carbocycles. The van der Waals surface area contributed by atoms with Gasteiger partial charge in [-0.1, -0.05) is 30.3 Å². The van der Waals surface area contributed by atoms with E-state index >= 15 is 0 Å². The minimum Gasteiger partial charge on any atom is -0.383 e. The zero-order valence-electron chi connectivity index (χ0n) is 14.1. The molecule has 3 rings (SSSR count). The topological polar surface area (TPSA) is 67.9 Å². The molecule has 2 aliphatic rings. The van der Waals surface area contributed by atoms with Crippen molar-refractivity contribution in [1.29, 1.82) is 0 Å². The molecule has 1 N–H and O–H groups in total. The lowest BCUT2D eigenvalue weighted by atomic mass is 10.1. The van der Waals surface area contributed by atoms with Crippen LogP contribution in [-0.2, 0) is 26.1 Å². The van der Waals surface area contributed by atoms with Crippen LogP contribution < -0.4 is 4.72 Å². The third kappa shape index (κ3) is 4.34. The summed E-state index contributed by atoms with van der Waals surface area (Å²) in [6, 6.07) is 9.97. The van der Waals surface area contributed by atoms with Gasteiger partial charge < -0.3 is 9.47 Å². The van der Waals surface area contributed by atoms with Crippen LogP contribution in [0, 0.1) is 0 Å². The predicted molar refractivity (Wildman–Crippen MR) is 92.2 cm³/mol. The van der Waals surface area contributed by atoms with Crippen molar-refractivity contribution in [2.45, 2.75) is 37.6 Å². The second-order valence-electron chi connectivity index (χ2n) is 6.56. The molecule has 0 aliphatic carbocycles. The molecule has 0 bridgehead atoms. The summed E-state index contributed by atoms with van der Waals surface area (Å²) >= 11 is 0. The van der Waals surface area contributed by atoms with Crippen LogP contribution in [0.3, 0.4) is 0 Å². The monoisotopic (exact) mass is 354 g/mol. The zero-order valence-corrected chi connectivity index (χ0v) is 14.9. The number of benzene rings is 1. The summed E-state index contributed by atoms with van der Waals surface area (Å²) in [5.41, 5.74) is 1.09. The Morgan fingerprint density at radius 3 is 2.79 bits per heavy atom. The first-order chi connectivity index (χ1) is 11.6. The Labute approximate surface area is 144 Å². The Morgan fingerprint density at radius 1 is 1.25 bits per heavy atom. The Morgan fingerprint density at radius 2 is 2.04 bits per heavy atom. The van der Waals surface area contributed by atoms with Crippen molar-refractivity contribution in [2.24, 2.45) is 0 Å². The first kappa shape index (κ1) is 17.8. The number of likely N-dealkylation sites (tertiary alicyclic amines) is 1. The second kappa shape index (κ2) is 7.93. The molecule has 0 aromatic heterocycles. The molecule has 2 aliphatic heterocycles. The highest BCUT2D eigenvalue weighted by atomic mass is 32.2. The summed E-state index contributed by atoms with van der Waals surface area (Å²) < 4.78 is 38.0. The van der Waals surface area contributed by atoms with E-state index in [0.29, 0.717) is 25.9 Å². The van der Waals surface area contributed by atoms with Gasteiger partial charge in [-0.3, -0.25) is 4.90 Å². The number of methoxy groups -OCH3 is 1. The molecular weight excluding hydrogens is 328 g/mol. The highest BCUT2D eigenvalue weighted by Crippen LogP contribution is 2.26. The molecular formula is C17H26N2O4S. The summed E-state index contributed by atoms with van der Waals surface area (Å²) in [6.07, 6.45) is 2.14. The summed E-state index contributed by atoms with van der Waals surface area (Å²) in [5, 5.41) is 0. The van der Waals surface area contributed by atoms with Gasteiger partial charge in [-0.25, -0.2) is 13.1 Å². The van der Waals surface area contributed by atoms with Crippen molar-refractivity contribution in [3.8, 4) is 0 Å². The van der Waals surface area contributed by atoms with E-state index in [0.717, 1.165) is 24.9 Å². The Hall–Kier alpha value is -0.990. The minimum absolute atomic E-state index is 0.0478. The van der Waals surface area contributed by atoms with Gasteiger partial charge in [0.05, 0.1) is 31.6 Å². The van der Waals surface area contributed by atoms with E-state index in [1.165, 1.54) is 0 Å². The van der Waals surface area contributed by atoms with Gasteiger partial charge in [-0.15, -0.1) is 0 Å². The lowest BCUT2D eigenvalue weighted by molar-refractivity contribution is 0.0533. The normalized spacial score (nSPS) is 30.0. The Bertz CT molecular complexity index is 623. The molecule has 24 heavy (non-hydrogen) atoms. The van der Waals surface area contributed by atoms with Crippen LogP contribution in [0.4, 0.5) is 0 Å². The number of nitrogens with one attached hydrogen (secondary N) is 1. The average molecular weight is 354 g/mol. The summed E-state index contributed by atoms with van der Waals surface area (Å²) in [5.74, 6) is 0.145. The number of ether oxygens (including phenoxy) is 2. The molecule has 3 atom stereocenters. The van der Waals surface area contributed by atoms with E-state index in [2.05, 4.69) is 9.62 Å². The lowest BCUT2D eigenvalue weighted by Gasteiger charge is -2.32. The van der Waals surface area contributed by atoms with Gasteiger partial charge in [0.2, 0.25) is 10.0 Å². The van der Waals surface area contributed by atoms with Crippen molar-refractivity contribution in [3.63, 3.8) is 0 Å². The molecule has 7 heteroatoms. The summed E-state index contributed by atoms with van der Waals surface area (Å²) in [7, 11) is -1.53. The Kier molecular flexibility index (Phi) is 5.89. The van der Waals surface area contributed by atoms with Gasteiger partial charge in [0.15, 0.2) is 0 Å². The van der Waals surface area contributed by atoms with Crippen molar-refractivity contribution in [3.05, 3.63) is 35.9 Å². The summed E-state index contributed by atoms with van der Waals surface area (Å²) in [6.45, 7) is 2.45. The van der Waals surface area contributed by atoms with Crippen molar-refractivity contribution < 1.29 is 17.9 Å². The quantitative estimate of drug-likeness (QED) is 0.791. The first-order valence-electron chi connectivity index (χ1n) is 8.45. The first-order valence-corrected chi connectivity index (χ1v) is 10.1. The second-order valence-corrected chi connectivity index (χ2v) is 8.36. The van der Waals surface area contributed by atoms with Crippen molar-refractivity contribution in [2.75, 3.05) is 32.6 Å². The SMILES string of the molecule is COC[C@@H]1CCCN1[C@H]1CS(=O)(=O)N[C@@H]1COCc1ccccc1. The molecule has 0 spiro atoms. The molecule has 2 fully saturated rings. The third-order valence-corrected chi connectivity index (χ3v) is 6.24. The predicted octanol–water partition coefficient (Wildman–Crippen LogP) is 0.984. The number of hydrogen-bond acceptors (Lipinski definition) is 5. The molecule has 2 heterocycles. The van der Waals surface area contributed by atoms with E-state index in [-0.39, 0.29) is 17.8 Å². The Balaban J connectivity index is 1.61. The van der Waals surface area contributed by atoms with Gasteiger partial charge in [0.25, 0.3) is 0 Å². The maximum absolute atomic E-state index is 12.1. The average Bonchev–Trinajstić information content (AvgIpc) is 3.12. The summed E-state index contributed by atoms with van der Waals surface area (Å²) in [4.78, 5) is 2.29. The van der Waals surface area contributed by atoms with Gasteiger partial charge in [0.1, 0.15) is 0 Å². The molecule has 1 aromatic rings. The molecule has 0 amide bonds. The van der Waals surface area contributed by atoms with Crippen molar-refractivity contribution >= 4 is 10.0 Å². The highest BCUT2D eigenvalue weighted by molar-refractivity contribution is 7.89. The maximum atomic E-state index is 12.1. The van der Waals surface area contributed by atoms with E-state index in [1.807, 2.05) is 30.3 Å². The number of nitrogens with zero attached hydrogens (tertiary/aromatic N) is 1. The van der Waals surface area contributed by atoms with E-state index in [4.69, 9.17) is 9.47 Å². The fourth-order valence-corrected chi connectivity index (χ4v) is 5.37. The highest BCUT2D eigenvalue weighted by Gasteiger charge is 2.43. The van der Waals surface area contributed by atoms with Crippen LogP contribution in [0.25, 0.3) is 0 Å². The van der Waals surface area contributed by atoms with Crippen LogP contribution in [0.5, 0.6) is 0 Å². The van der Waals surface area contributed by atoms with E-state index in [9.17, 15) is 8.42 Å². The fraction of sp³-hybridized carbons (Fsp3) is 0.647. The molecule has 0 radical (unpaired) electrons. The smallest absolute Gasteiger partial charge is 0.213 e. The minimum atomic E-state index is -3.23. The van der Waals surface area contributed by atoms with E-state index in [1.54, 1.807) is 7.11 Å². The third-order valence-electron chi connectivity index (χ3n) is 4.80. The van der Waals surface area contributed by atoms with E-state index < -0.39 is 10.0 Å². The molecule has 0 unspecified atom stereocenters. The van der Waals surface area contributed by atoms with Gasteiger partial charge in [0, 0.05) is 19.2 Å². The van der Waals surface area contributed by atoms with Crippen molar-refractivity contribution in [1.82, 2.24) is 9.62 Å².